The molecule has 0 amide bonds. The second-order valence-corrected chi connectivity index (χ2v) is 4.32. The molecule has 0 aliphatic carbocycles. The van der Waals surface area contributed by atoms with Gasteiger partial charge in [0.1, 0.15) is 11.6 Å². The van der Waals surface area contributed by atoms with Crippen LogP contribution in [0.3, 0.4) is 0 Å². The van der Waals surface area contributed by atoms with Gasteiger partial charge in [-0.3, -0.25) is 0 Å². The first kappa shape index (κ1) is 14.3. The molecule has 0 aromatic carbocycles. The van der Waals surface area contributed by atoms with E-state index >= 15 is 0 Å². The molecule has 17 heavy (non-hydrogen) atoms. The van der Waals surface area contributed by atoms with Crippen molar-refractivity contribution in [1.82, 2.24) is 15.5 Å². The average Bonchev–Trinajstić information content (AvgIpc) is 2.76. The molecular formula is C10H19N3O3S. The van der Waals surface area contributed by atoms with Gasteiger partial charge in [0.15, 0.2) is 0 Å². The Labute approximate surface area is 105 Å². The second-order valence-electron chi connectivity index (χ2n) is 3.30. The summed E-state index contributed by atoms with van der Waals surface area (Å²) in [4.78, 5) is 0. The minimum Gasteiger partial charge on any atom is -0.466 e. The zero-order chi connectivity index (χ0) is 12.3. The predicted octanol–water partition coefficient (Wildman–Crippen LogP) is 0.689. The van der Waals surface area contributed by atoms with Crippen molar-refractivity contribution >= 4 is 11.3 Å². The summed E-state index contributed by atoms with van der Waals surface area (Å²) >= 11 is 1.45. The first-order valence-corrected chi connectivity index (χ1v) is 6.35. The number of aromatic nitrogens is 2. The SMILES string of the molecule is CNCc1nnc(OCCOCCCOC)s1. The van der Waals surface area contributed by atoms with Crippen LogP contribution in [0.25, 0.3) is 0 Å². The van der Waals surface area contributed by atoms with E-state index in [9.17, 15) is 0 Å². The van der Waals surface area contributed by atoms with Crippen molar-refractivity contribution in [2.75, 3.05) is 40.6 Å². The van der Waals surface area contributed by atoms with Gasteiger partial charge in [-0.2, -0.15) is 0 Å². The zero-order valence-corrected chi connectivity index (χ0v) is 11.1. The molecule has 0 spiro atoms. The van der Waals surface area contributed by atoms with E-state index in [1.807, 2.05) is 7.05 Å². The van der Waals surface area contributed by atoms with Crippen molar-refractivity contribution in [3.8, 4) is 5.19 Å². The number of hydrogen-bond acceptors (Lipinski definition) is 7. The maximum absolute atomic E-state index is 5.40. The summed E-state index contributed by atoms with van der Waals surface area (Å²) in [5.41, 5.74) is 0. The normalized spacial score (nSPS) is 10.7. The van der Waals surface area contributed by atoms with Gasteiger partial charge in [-0.15, -0.1) is 10.2 Å². The van der Waals surface area contributed by atoms with Crippen molar-refractivity contribution in [3.63, 3.8) is 0 Å². The van der Waals surface area contributed by atoms with Crippen LogP contribution in [-0.4, -0.2) is 50.8 Å². The Morgan fingerprint density at radius 2 is 2.06 bits per heavy atom. The molecule has 98 valence electrons. The van der Waals surface area contributed by atoms with Gasteiger partial charge in [0.25, 0.3) is 5.19 Å². The summed E-state index contributed by atoms with van der Waals surface area (Å²) in [5.74, 6) is 0. The van der Waals surface area contributed by atoms with Crippen LogP contribution in [-0.2, 0) is 16.0 Å². The summed E-state index contributed by atoms with van der Waals surface area (Å²) in [7, 11) is 3.55. The topological polar surface area (TPSA) is 65.5 Å². The van der Waals surface area contributed by atoms with E-state index in [2.05, 4.69) is 15.5 Å². The van der Waals surface area contributed by atoms with Gasteiger partial charge >= 0.3 is 0 Å². The van der Waals surface area contributed by atoms with E-state index in [1.54, 1.807) is 7.11 Å². The minimum absolute atomic E-state index is 0.501. The van der Waals surface area contributed by atoms with Gasteiger partial charge < -0.3 is 19.5 Å². The highest BCUT2D eigenvalue weighted by Gasteiger charge is 2.03. The maximum atomic E-state index is 5.40. The third-order valence-electron chi connectivity index (χ3n) is 1.87. The molecule has 0 radical (unpaired) electrons. The Morgan fingerprint density at radius 1 is 1.18 bits per heavy atom. The third kappa shape index (κ3) is 6.52. The van der Waals surface area contributed by atoms with Gasteiger partial charge in [0.2, 0.25) is 0 Å². The molecule has 0 aliphatic heterocycles. The summed E-state index contributed by atoms with van der Waals surface area (Å²) in [6.45, 7) is 3.20. The van der Waals surface area contributed by atoms with Gasteiger partial charge in [0, 0.05) is 26.9 Å². The summed E-state index contributed by atoms with van der Waals surface area (Å²) in [6.07, 6.45) is 0.904. The number of ether oxygens (including phenoxy) is 3. The van der Waals surface area contributed by atoms with Gasteiger partial charge in [-0.1, -0.05) is 11.3 Å². The monoisotopic (exact) mass is 261 g/mol. The van der Waals surface area contributed by atoms with Gasteiger partial charge in [-0.25, -0.2) is 0 Å². The van der Waals surface area contributed by atoms with E-state index in [0.717, 1.165) is 18.0 Å². The van der Waals surface area contributed by atoms with E-state index in [4.69, 9.17) is 14.2 Å². The Balaban J connectivity index is 2.01. The summed E-state index contributed by atoms with van der Waals surface area (Å²) in [6, 6.07) is 0. The molecule has 0 aliphatic rings. The smallest absolute Gasteiger partial charge is 0.294 e. The lowest BCUT2D eigenvalue weighted by atomic mass is 10.5. The van der Waals surface area contributed by atoms with Crippen molar-refractivity contribution in [1.29, 1.82) is 0 Å². The molecule has 0 saturated heterocycles. The molecule has 1 rings (SSSR count). The molecular weight excluding hydrogens is 242 g/mol. The molecule has 1 aromatic rings. The molecule has 0 unspecified atom stereocenters. The number of nitrogens with one attached hydrogen (secondary N) is 1. The lowest BCUT2D eigenvalue weighted by molar-refractivity contribution is 0.0804. The fourth-order valence-corrected chi connectivity index (χ4v) is 1.84. The second kappa shape index (κ2) is 9.29. The van der Waals surface area contributed by atoms with Crippen LogP contribution in [0.15, 0.2) is 0 Å². The number of nitrogens with zero attached hydrogens (tertiary/aromatic N) is 2. The standard InChI is InChI=1S/C10H19N3O3S/c1-11-8-9-12-13-10(17-9)16-7-6-15-5-3-4-14-2/h11H,3-8H2,1-2H3. The molecule has 0 fully saturated rings. The maximum Gasteiger partial charge on any atom is 0.294 e. The van der Waals surface area contributed by atoms with E-state index in [0.29, 0.717) is 31.6 Å². The minimum atomic E-state index is 0.501. The largest absolute Gasteiger partial charge is 0.466 e. The van der Waals surface area contributed by atoms with Crippen molar-refractivity contribution in [2.45, 2.75) is 13.0 Å². The van der Waals surface area contributed by atoms with Crippen LogP contribution in [0, 0.1) is 0 Å². The molecule has 6 nitrogen and oxygen atoms in total. The Kier molecular flexibility index (Phi) is 7.81. The molecule has 0 bridgehead atoms. The van der Waals surface area contributed by atoms with Gasteiger partial charge in [0.05, 0.1) is 6.61 Å². The molecule has 1 N–H and O–H groups in total. The fourth-order valence-electron chi connectivity index (χ4n) is 1.11. The van der Waals surface area contributed by atoms with Crippen LogP contribution in [0.4, 0.5) is 0 Å². The highest BCUT2D eigenvalue weighted by atomic mass is 32.1. The number of rotatable bonds is 10. The number of methoxy groups -OCH3 is 1. The van der Waals surface area contributed by atoms with Crippen LogP contribution in [0.1, 0.15) is 11.4 Å². The first-order valence-electron chi connectivity index (χ1n) is 5.53. The van der Waals surface area contributed by atoms with Crippen LogP contribution in [0.2, 0.25) is 0 Å². The lowest BCUT2D eigenvalue weighted by Gasteiger charge is -2.03. The quantitative estimate of drug-likeness (QED) is 0.625. The molecule has 0 atom stereocenters. The summed E-state index contributed by atoms with van der Waals surface area (Å²) < 4.78 is 15.7. The van der Waals surface area contributed by atoms with E-state index in [1.165, 1.54) is 11.3 Å². The van der Waals surface area contributed by atoms with Crippen LogP contribution < -0.4 is 10.1 Å². The molecule has 1 aromatic heterocycles. The fraction of sp³-hybridized carbons (Fsp3) is 0.800. The van der Waals surface area contributed by atoms with Crippen molar-refractivity contribution in [3.05, 3.63) is 5.01 Å². The number of hydrogen-bond donors (Lipinski definition) is 1. The van der Waals surface area contributed by atoms with E-state index < -0.39 is 0 Å². The van der Waals surface area contributed by atoms with Crippen LogP contribution in [0.5, 0.6) is 5.19 Å². The summed E-state index contributed by atoms with van der Waals surface area (Å²) in [5, 5.41) is 12.4. The zero-order valence-electron chi connectivity index (χ0n) is 10.3. The molecule has 1 heterocycles. The Morgan fingerprint density at radius 3 is 2.82 bits per heavy atom. The lowest BCUT2D eigenvalue weighted by Crippen LogP contribution is -2.08. The van der Waals surface area contributed by atoms with Crippen molar-refractivity contribution in [2.24, 2.45) is 0 Å². The van der Waals surface area contributed by atoms with Crippen molar-refractivity contribution < 1.29 is 14.2 Å². The molecule has 0 saturated carbocycles. The molecule has 7 heteroatoms. The van der Waals surface area contributed by atoms with Gasteiger partial charge in [-0.05, 0) is 13.5 Å². The first-order chi connectivity index (χ1) is 8.36. The Bertz CT molecular complexity index is 296. The highest BCUT2D eigenvalue weighted by Crippen LogP contribution is 2.17. The van der Waals surface area contributed by atoms with Crippen LogP contribution >= 0.6 is 11.3 Å². The highest BCUT2D eigenvalue weighted by molar-refractivity contribution is 7.13. The Hall–Kier alpha value is -0.760. The average molecular weight is 261 g/mol. The van der Waals surface area contributed by atoms with E-state index in [-0.39, 0.29) is 0 Å². The third-order valence-corrected chi connectivity index (χ3v) is 2.70. The predicted molar refractivity (Wildman–Crippen MR) is 65.5 cm³/mol.